The van der Waals surface area contributed by atoms with Crippen molar-refractivity contribution in [1.82, 2.24) is 4.90 Å². The molecule has 0 amide bonds. The second-order valence-corrected chi connectivity index (χ2v) is 6.83. The minimum atomic E-state index is 0.340. The van der Waals surface area contributed by atoms with Gasteiger partial charge >= 0.3 is 0 Å². The first-order chi connectivity index (χ1) is 9.74. The molecular weight excluding hydrogens is 246 g/mol. The number of ketones is 1. The first-order valence-electron chi connectivity index (χ1n) is 8.12. The highest BCUT2D eigenvalue weighted by atomic mass is 16.1. The van der Waals surface area contributed by atoms with Gasteiger partial charge in [0.25, 0.3) is 0 Å². The van der Waals surface area contributed by atoms with Gasteiger partial charge in [-0.1, -0.05) is 36.6 Å². The van der Waals surface area contributed by atoms with Crippen LogP contribution in [0.1, 0.15) is 54.8 Å². The number of hydrogen-bond acceptors (Lipinski definition) is 2. The number of carbonyl (C=O) groups is 1. The van der Waals surface area contributed by atoms with Crippen LogP contribution in [0.15, 0.2) is 18.2 Å². The summed E-state index contributed by atoms with van der Waals surface area (Å²) in [7, 11) is 0. The van der Waals surface area contributed by atoms with E-state index < -0.39 is 0 Å². The summed E-state index contributed by atoms with van der Waals surface area (Å²) in [6, 6.07) is 7.71. The molecule has 3 aliphatic rings. The Morgan fingerprint density at radius 1 is 1.20 bits per heavy atom. The number of Topliss-reactive ketones (excluding diaryl/α,β-unsaturated/α-hetero) is 1. The van der Waals surface area contributed by atoms with E-state index >= 15 is 0 Å². The van der Waals surface area contributed by atoms with Gasteiger partial charge in [-0.15, -0.1) is 0 Å². The van der Waals surface area contributed by atoms with Crippen molar-refractivity contribution in [3.8, 4) is 0 Å². The van der Waals surface area contributed by atoms with Gasteiger partial charge in [0.05, 0.1) is 0 Å². The molecule has 20 heavy (non-hydrogen) atoms. The third-order valence-electron chi connectivity index (χ3n) is 5.66. The SMILES string of the molecule is Cc1ccc2c(c1)CCN1C2CC(=O)C2CCCCC21. The Morgan fingerprint density at radius 3 is 2.95 bits per heavy atom. The molecule has 0 spiro atoms. The number of piperidine rings is 1. The van der Waals surface area contributed by atoms with E-state index in [-0.39, 0.29) is 0 Å². The molecule has 1 saturated carbocycles. The van der Waals surface area contributed by atoms with E-state index in [0.29, 0.717) is 23.8 Å². The smallest absolute Gasteiger partial charge is 0.139 e. The van der Waals surface area contributed by atoms with Crippen molar-refractivity contribution in [2.45, 2.75) is 57.5 Å². The highest BCUT2D eigenvalue weighted by Gasteiger charge is 2.45. The third-order valence-corrected chi connectivity index (χ3v) is 5.66. The van der Waals surface area contributed by atoms with Crippen LogP contribution >= 0.6 is 0 Å². The highest BCUT2D eigenvalue weighted by molar-refractivity contribution is 5.83. The van der Waals surface area contributed by atoms with E-state index in [9.17, 15) is 4.79 Å². The fraction of sp³-hybridized carbons (Fsp3) is 0.611. The van der Waals surface area contributed by atoms with Crippen molar-refractivity contribution in [3.63, 3.8) is 0 Å². The van der Waals surface area contributed by atoms with Crippen LogP contribution in [-0.4, -0.2) is 23.3 Å². The molecule has 0 aromatic heterocycles. The van der Waals surface area contributed by atoms with Crippen LogP contribution in [0.2, 0.25) is 0 Å². The van der Waals surface area contributed by atoms with Gasteiger partial charge < -0.3 is 0 Å². The van der Waals surface area contributed by atoms with Crippen molar-refractivity contribution in [3.05, 3.63) is 34.9 Å². The maximum atomic E-state index is 12.5. The highest BCUT2D eigenvalue weighted by Crippen LogP contribution is 2.44. The Labute approximate surface area is 121 Å². The van der Waals surface area contributed by atoms with Crippen molar-refractivity contribution in [2.75, 3.05) is 6.54 Å². The van der Waals surface area contributed by atoms with Gasteiger partial charge in [-0.25, -0.2) is 0 Å². The van der Waals surface area contributed by atoms with Gasteiger partial charge in [0.2, 0.25) is 0 Å². The third kappa shape index (κ3) is 1.85. The van der Waals surface area contributed by atoms with Gasteiger partial charge in [0.1, 0.15) is 5.78 Å². The van der Waals surface area contributed by atoms with Crippen LogP contribution in [0.4, 0.5) is 0 Å². The second-order valence-electron chi connectivity index (χ2n) is 6.83. The first kappa shape index (κ1) is 12.6. The zero-order valence-electron chi connectivity index (χ0n) is 12.3. The lowest BCUT2D eigenvalue weighted by Crippen LogP contribution is -2.54. The first-order valence-corrected chi connectivity index (χ1v) is 8.12. The molecule has 2 aliphatic heterocycles. The van der Waals surface area contributed by atoms with Crippen LogP contribution in [0.5, 0.6) is 0 Å². The Balaban J connectivity index is 1.72. The lowest BCUT2D eigenvalue weighted by Gasteiger charge is -2.50. The summed E-state index contributed by atoms with van der Waals surface area (Å²) < 4.78 is 0. The Bertz CT molecular complexity index is 550. The van der Waals surface area contributed by atoms with Gasteiger partial charge in [0.15, 0.2) is 0 Å². The van der Waals surface area contributed by atoms with E-state index in [1.807, 2.05) is 0 Å². The number of nitrogens with zero attached hydrogens (tertiary/aromatic N) is 1. The molecule has 4 rings (SSSR count). The standard InChI is InChI=1S/C18H23NO/c1-12-6-7-14-13(10-12)8-9-19-16-5-3-2-4-15(16)18(20)11-17(14)19/h6-7,10,15-17H,2-5,8-9,11H2,1H3. The molecule has 1 aromatic carbocycles. The molecule has 1 aromatic rings. The Hall–Kier alpha value is -1.15. The molecule has 1 aliphatic carbocycles. The zero-order chi connectivity index (χ0) is 13.7. The molecule has 2 heteroatoms. The average Bonchev–Trinajstić information content (AvgIpc) is 2.47. The molecule has 0 bridgehead atoms. The topological polar surface area (TPSA) is 20.3 Å². The Kier molecular flexibility index (Phi) is 2.95. The van der Waals surface area contributed by atoms with E-state index in [4.69, 9.17) is 0 Å². The lowest BCUT2D eigenvalue weighted by molar-refractivity contribution is -0.134. The summed E-state index contributed by atoms with van der Waals surface area (Å²) in [5.74, 6) is 0.872. The summed E-state index contributed by atoms with van der Waals surface area (Å²) in [5.41, 5.74) is 4.25. The molecular formula is C18H23NO. The Morgan fingerprint density at radius 2 is 2.05 bits per heavy atom. The minimum Gasteiger partial charge on any atom is -0.299 e. The minimum absolute atomic E-state index is 0.340. The van der Waals surface area contributed by atoms with Gasteiger partial charge in [0, 0.05) is 31.0 Å². The lowest BCUT2D eigenvalue weighted by atomic mass is 9.72. The summed E-state index contributed by atoms with van der Waals surface area (Å²) in [4.78, 5) is 15.2. The second kappa shape index (κ2) is 4.70. The predicted molar refractivity (Wildman–Crippen MR) is 79.7 cm³/mol. The van der Waals surface area contributed by atoms with E-state index in [0.717, 1.165) is 25.8 Å². The molecule has 0 radical (unpaired) electrons. The number of benzene rings is 1. The van der Waals surface area contributed by atoms with Gasteiger partial charge in [-0.3, -0.25) is 9.69 Å². The summed E-state index contributed by atoms with van der Waals surface area (Å²) >= 11 is 0. The van der Waals surface area contributed by atoms with Gasteiger partial charge in [-0.2, -0.15) is 0 Å². The van der Waals surface area contributed by atoms with Crippen LogP contribution in [0.3, 0.4) is 0 Å². The molecule has 0 N–H and O–H groups in total. The number of hydrogen-bond donors (Lipinski definition) is 0. The number of fused-ring (bicyclic) bond motifs is 5. The average molecular weight is 269 g/mol. The van der Waals surface area contributed by atoms with Crippen molar-refractivity contribution in [1.29, 1.82) is 0 Å². The van der Waals surface area contributed by atoms with E-state index in [2.05, 4.69) is 30.0 Å². The quantitative estimate of drug-likeness (QED) is 0.719. The predicted octanol–water partition coefficient (Wildman–Crippen LogP) is 3.43. The van der Waals surface area contributed by atoms with Gasteiger partial charge in [-0.05, 0) is 37.3 Å². The van der Waals surface area contributed by atoms with Crippen molar-refractivity contribution in [2.24, 2.45) is 5.92 Å². The molecule has 106 valence electrons. The summed E-state index contributed by atoms with van der Waals surface area (Å²) in [6.07, 6.45) is 6.82. The zero-order valence-corrected chi connectivity index (χ0v) is 12.3. The van der Waals surface area contributed by atoms with Crippen LogP contribution in [-0.2, 0) is 11.2 Å². The van der Waals surface area contributed by atoms with Crippen LogP contribution in [0.25, 0.3) is 0 Å². The number of aryl methyl sites for hydroxylation is 1. The van der Waals surface area contributed by atoms with Crippen LogP contribution < -0.4 is 0 Å². The molecule has 3 unspecified atom stereocenters. The fourth-order valence-corrected chi connectivity index (χ4v) is 4.71. The molecule has 2 nitrogen and oxygen atoms in total. The van der Waals surface area contributed by atoms with Crippen LogP contribution in [0, 0.1) is 12.8 Å². The maximum absolute atomic E-state index is 12.5. The monoisotopic (exact) mass is 269 g/mol. The van der Waals surface area contributed by atoms with Crippen molar-refractivity contribution < 1.29 is 4.79 Å². The molecule has 1 saturated heterocycles. The largest absolute Gasteiger partial charge is 0.299 e. The molecule has 2 heterocycles. The molecule has 2 fully saturated rings. The van der Waals surface area contributed by atoms with E-state index in [1.165, 1.54) is 36.0 Å². The number of rotatable bonds is 0. The fourth-order valence-electron chi connectivity index (χ4n) is 4.71. The summed E-state index contributed by atoms with van der Waals surface area (Å²) in [5, 5.41) is 0. The normalized spacial score (nSPS) is 33.2. The molecule has 3 atom stereocenters. The van der Waals surface area contributed by atoms with Crippen molar-refractivity contribution >= 4 is 5.78 Å². The maximum Gasteiger partial charge on any atom is 0.139 e. The van der Waals surface area contributed by atoms with E-state index in [1.54, 1.807) is 0 Å². The number of carbonyl (C=O) groups excluding carboxylic acids is 1. The summed E-state index contributed by atoms with van der Waals surface area (Å²) in [6.45, 7) is 3.31.